The summed E-state index contributed by atoms with van der Waals surface area (Å²) in [5.41, 5.74) is 2.87. The minimum Gasteiger partial charge on any atom is -0.426 e. The molecule has 9 heteroatoms. The number of unbranched alkanes of at least 4 members (excludes halogenated alkanes) is 1. The van der Waals surface area contributed by atoms with Crippen molar-refractivity contribution in [3.05, 3.63) is 75.3 Å². The van der Waals surface area contributed by atoms with Gasteiger partial charge in [-0.1, -0.05) is 18.2 Å². The van der Waals surface area contributed by atoms with E-state index in [9.17, 15) is 19.2 Å². The van der Waals surface area contributed by atoms with Gasteiger partial charge in [0.2, 0.25) is 0 Å². The lowest BCUT2D eigenvalue weighted by atomic mass is 10.1. The highest BCUT2D eigenvalue weighted by Gasteiger charge is 2.34. The fourth-order valence-electron chi connectivity index (χ4n) is 3.89. The summed E-state index contributed by atoms with van der Waals surface area (Å²) < 4.78 is 5.16. The van der Waals surface area contributed by atoms with Crippen LogP contribution in [0.5, 0.6) is 5.75 Å². The van der Waals surface area contributed by atoms with E-state index in [1.54, 1.807) is 43.3 Å². The number of imide groups is 1. The van der Waals surface area contributed by atoms with Gasteiger partial charge in [-0.3, -0.25) is 29.4 Å². The minimum atomic E-state index is -0.450. The summed E-state index contributed by atoms with van der Waals surface area (Å²) >= 11 is 1.40. The molecule has 3 amide bonds. The van der Waals surface area contributed by atoms with Gasteiger partial charge >= 0.3 is 5.97 Å². The van der Waals surface area contributed by atoms with Crippen LogP contribution in [0.1, 0.15) is 67.0 Å². The van der Waals surface area contributed by atoms with Crippen molar-refractivity contribution >= 4 is 40.2 Å². The SMILES string of the molecule is CC(=O)Oc1cc(C(=O)Nc2nc(C)c(CCCCN3C(=O)c4ccccc4C3=O)s2)ccc1C. The number of rotatable bonds is 8. The molecule has 0 atom stereocenters. The fourth-order valence-corrected chi connectivity index (χ4v) is 4.89. The summed E-state index contributed by atoms with van der Waals surface area (Å²) in [4.78, 5) is 55.7. The number of nitrogens with one attached hydrogen (secondary N) is 1. The lowest BCUT2D eigenvalue weighted by molar-refractivity contribution is -0.131. The van der Waals surface area contributed by atoms with Crippen LogP contribution in [0.25, 0.3) is 0 Å². The molecule has 0 spiro atoms. The molecule has 0 radical (unpaired) electrons. The Hall–Kier alpha value is -3.85. The molecule has 0 saturated heterocycles. The number of aromatic nitrogens is 1. The van der Waals surface area contributed by atoms with Crippen LogP contribution in [-0.4, -0.2) is 40.1 Å². The number of carbonyl (C=O) groups is 4. The predicted octanol–water partition coefficient (Wildman–Crippen LogP) is 4.56. The van der Waals surface area contributed by atoms with Crippen LogP contribution in [0.15, 0.2) is 42.5 Å². The van der Waals surface area contributed by atoms with Gasteiger partial charge in [0.1, 0.15) is 5.75 Å². The van der Waals surface area contributed by atoms with Crippen molar-refractivity contribution in [1.29, 1.82) is 0 Å². The Morgan fingerprint density at radius 1 is 1.03 bits per heavy atom. The number of aryl methyl sites for hydroxylation is 3. The smallest absolute Gasteiger partial charge is 0.308 e. The summed E-state index contributed by atoms with van der Waals surface area (Å²) in [5, 5.41) is 3.29. The molecule has 4 rings (SSSR count). The maximum absolute atomic E-state index is 12.7. The largest absolute Gasteiger partial charge is 0.426 e. The zero-order valence-corrected chi connectivity index (χ0v) is 20.5. The quantitative estimate of drug-likeness (QED) is 0.214. The number of carbonyl (C=O) groups excluding carboxylic acids is 4. The maximum Gasteiger partial charge on any atom is 0.308 e. The number of benzene rings is 2. The number of ether oxygens (including phenoxy) is 1. The van der Waals surface area contributed by atoms with E-state index in [0.29, 0.717) is 40.5 Å². The predicted molar refractivity (Wildman–Crippen MR) is 132 cm³/mol. The highest BCUT2D eigenvalue weighted by atomic mass is 32.1. The molecule has 8 nitrogen and oxygen atoms in total. The van der Waals surface area contributed by atoms with Gasteiger partial charge in [-0.2, -0.15) is 0 Å². The first kappa shape index (κ1) is 24.3. The molecule has 180 valence electrons. The molecule has 2 heterocycles. The van der Waals surface area contributed by atoms with Gasteiger partial charge in [0, 0.05) is 23.9 Å². The van der Waals surface area contributed by atoms with Crippen LogP contribution >= 0.6 is 11.3 Å². The van der Waals surface area contributed by atoms with Crippen LogP contribution in [-0.2, 0) is 11.2 Å². The van der Waals surface area contributed by atoms with E-state index in [0.717, 1.165) is 29.0 Å². The molecule has 0 bridgehead atoms. The van der Waals surface area contributed by atoms with Crippen LogP contribution in [0.3, 0.4) is 0 Å². The molecule has 0 aliphatic carbocycles. The number of fused-ring (bicyclic) bond motifs is 1. The van der Waals surface area contributed by atoms with Gasteiger partial charge in [0.05, 0.1) is 16.8 Å². The average Bonchev–Trinajstić information content (AvgIpc) is 3.29. The molecule has 1 aliphatic rings. The van der Waals surface area contributed by atoms with E-state index in [2.05, 4.69) is 10.3 Å². The molecule has 0 fully saturated rings. The molecule has 0 unspecified atom stereocenters. The van der Waals surface area contributed by atoms with E-state index in [1.807, 2.05) is 6.92 Å². The zero-order valence-electron chi connectivity index (χ0n) is 19.7. The summed E-state index contributed by atoms with van der Waals surface area (Å²) in [6.45, 7) is 5.36. The van der Waals surface area contributed by atoms with Crippen molar-refractivity contribution in [3.8, 4) is 5.75 Å². The molecular formula is C26H25N3O5S. The Morgan fingerprint density at radius 2 is 1.71 bits per heavy atom. The Morgan fingerprint density at radius 3 is 2.37 bits per heavy atom. The minimum absolute atomic E-state index is 0.238. The Labute approximate surface area is 206 Å². The lowest BCUT2D eigenvalue weighted by Gasteiger charge is -2.13. The highest BCUT2D eigenvalue weighted by Crippen LogP contribution is 2.27. The van der Waals surface area contributed by atoms with Crippen molar-refractivity contribution in [2.45, 2.75) is 40.0 Å². The molecule has 1 aromatic heterocycles. The maximum atomic E-state index is 12.7. The van der Waals surface area contributed by atoms with Crippen molar-refractivity contribution in [1.82, 2.24) is 9.88 Å². The normalized spacial score (nSPS) is 12.6. The van der Waals surface area contributed by atoms with E-state index >= 15 is 0 Å². The first-order valence-corrected chi connectivity index (χ1v) is 12.1. The van der Waals surface area contributed by atoms with E-state index < -0.39 is 5.97 Å². The number of thiazole rings is 1. The molecule has 0 saturated carbocycles. The van der Waals surface area contributed by atoms with Crippen molar-refractivity contribution < 1.29 is 23.9 Å². The number of amides is 3. The van der Waals surface area contributed by atoms with E-state index in [-0.39, 0.29) is 17.7 Å². The highest BCUT2D eigenvalue weighted by molar-refractivity contribution is 7.15. The van der Waals surface area contributed by atoms with Crippen molar-refractivity contribution in [2.75, 3.05) is 11.9 Å². The van der Waals surface area contributed by atoms with Crippen molar-refractivity contribution in [2.24, 2.45) is 0 Å². The fraction of sp³-hybridized carbons (Fsp3) is 0.269. The number of nitrogens with zero attached hydrogens (tertiary/aromatic N) is 2. The molecule has 2 aromatic carbocycles. The third-order valence-electron chi connectivity index (χ3n) is 5.73. The summed E-state index contributed by atoms with van der Waals surface area (Å²) in [6, 6.07) is 11.8. The molecule has 3 aromatic rings. The van der Waals surface area contributed by atoms with Gasteiger partial charge in [-0.25, -0.2) is 4.98 Å². The van der Waals surface area contributed by atoms with Gasteiger partial charge in [-0.15, -0.1) is 11.3 Å². The first-order chi connectivity index (χ1) is 16.7. The van der Waals surface area contributed by atoms with Gasteiger partial charge < -0.3 is 4.74 Å². The topological polar surface area (TPSA) is 106 Å². The third kappa shape index (κ3) is 5.30. The second-order valence-electron chi connectivity index (χ2n) is 8.32. The molecular weight excluding hydrogens is 466 g/mol. The Balaban J connectivity index is 1.32. The zero-order chi connectivity index (χ0) is 25.1. The van der Waals surface area contributed by atoms with E-state index in [1.165, 1.54) is 29.2 Å². The second kappa shape index (κ2) is 10.2. The Bertz CT molecular complexity index is 1300. The van der Waals surface area contributed by atoms with Crippen molar-refractivity contribution in [3.63, 3.8) is 0 Å². The monoisotopic (exact) mass is 491 g/mol. The lowest BCUT2D eigenvalue weighted by Crippen LogP contribution is -2.30. The number of esters is 1. The van der Waals surface area contributed by atoms with Crippen LogP contribution in [0, 0.1) is 13.8 Å². The number of hydrogen-bond acceptors (Lipinski definition) is 7. The first-order valence-electron chi connectivity index (χ1n) is 11.3. The molecule has 1 N–H and O–H groups in total. The third-order valence-corrected chi connectivity index (χ3v) is 6.86. The molecule has 1 aliphatic heterocycles. The number of hydrogen-bond donors (Lipinski definition) is 1. The Kier molecular flexibility index (Phi) is 7.07. The summed E-state index contributed by atoms with van der Waals surface area (Å²) in [5.74, 6) is -0.924. The van der Waals surface area contributed by atoms with Crippen LogP contribution < -0.4 is 10.1 Å². The van der Waals surface area contributed by atoms with Crippen LogP contribution in [0.2, 0.25) is 0 Å². The van der Waals surface area contributed by atoms with Crippen LogP contribution in [0.4, 0.5) is 5.13 Å². The summed E-state index contributed by atoms with van der Waals surface area (Å²) in [6.07, 6.45) is 2.17. The average molecular weight is 492 g/mol. The molecule has 35 heavy (non-hydrogen) atoms. The standard InChI is InChI=1S/C26H25N3O5S/c1-15-11-12-18(14-21(15)34-17(3)30)23(31)28-26-27-16(2)22(35-26)10-6-7-13-29-24(32)19-8-4-5-9-20(19)25(29)33/h4-5,8-9,11-12,14H,6-7,10,13H2,1-3H3,(H,27,28,31). The van der Waals surface area contributed by atoms with Gasteiger partial charge in [0.15, 0.2) is 5.13 Å². The van der Waals surface area contributed by atoms with Gasteiger partial charge in [-0.05, 0) is 62.9 Å². The van der Waals surface area contributed by atoms with E-state index in [4.69, 9.17) is 4.74 Å². The second-order valence-corrected chi connectivity index (χ2v) is 9.40. The number of anilines is 1. The summed E-state index contributed by atoms with van der Waals surface area (Å²) in [7, 11) is 0. The van der Waals surface area contributed by atoms with Gasteiger partial charge in [0.25, 0.3) is 17.7 Å².